The predicted octanol–water partition coefficient (Wildman–Crippen LogP) is 0.887. The smallest absolute Gasteiger partial charge is 0.309 e. The summed E-state index contributed by atoms with van der Waals surface area (Å²) in [7, 11) is 0. The summed E-state index contributed by atoms with van der Waals surface area (Å²) in [5.41, 5.74) is 3.19. The number of hydrazine groups is 1. The lowest BCUT2D eigenvalue weighted by Gasteiger charge is -2.01. The number of nitrogens with zero attached hydrogens (tertiary/aromatic N) is 1. The number of aromatic amines is 1. The summed E-state index contributed by atoms with van der Waals surface area (Å²) in [5, 5.41) is 0.898. The van der Waals surface area contributed by atoms with Gasteiger partial charge in [0.1, 0.15) is 10.6 Å². The summed E-state index contributed by atoms with van der Waals surface area (Å²) in [6.45, 7) is 3.97. The third-order valence-corrected chi connectivity index (χ3v) is 3.30. The van der Waals surface area contributed by atoms with Gasteiger partial charge in [0.15, 0.2) is 0 Å². The Morgan fingerprint density at radius 3 is 2.86 bits per heavy atom. The van der Waals surface area contributed by atoms with Crippen LogP contribution in [0.1, 0.15) is 10.4 Å². The molecule has 0 unspecified atom stereocenters. The van der Waals surface area contributed by atoms with Gasteiger partial charge in [0.25, 0.3) is 0 Å². The van der Waals surface area contributed by atoms with Gasteiger partial charge in [-0.3, -0.25) is 4.98 Å². The zero-order valence-corrected chi connectivity index (χ0v) is 8.66. The molecule has 0 radical (unpaired) electrons. The van der Waals surface area contributed by atoms with E-state index in [1.807, 2.05) is 13.8 Å². The SMILES string of the molecule is Cc1sc2nc(=O)[nH]c(NN)c2c1C. The lowest BCUT2D eigenvalue weighted by atomic mass is 10.2. The van der Waals surface area contributed by atoms with Gasteiger partial charge in [-0.2, -0.15) is 4.98 Å². The number of nitrogen functional groups attached to an aromatic ring is 1. The minimum atomic E-state index is -0.383. The van der Waals surface area contributed by atoms with Gasteiger partial charge in [0, 0.05) is 4.88 Å². The second-order valence-corrected chi connectivity index (χ2v) is 4.23. The molecule has 2 aromatic heterocycles. The standard InChI is InChI=1S/C8H10N4OS/c1-3-4(2)14-7-5(3)6(12-9)10-8(13)11-7/h9H2,1-2H3,(H2,10,11,12,13). The fraction of sp³-hybridized carbons (Fsp3) is 0.250. The lowest BCUT2D eigenvalue weighted by molar-refractivity contribution is 1.11. The van der Waals surface area contributed by atoms with Gasteiger partial charge in [0.2, 0.25) is 0 Å². The molecule has 0 atom stereocenters. The van der Waals surface area contributed by atoms with Crippen LogP contribution in [0, 0.1) is 13.8 Å². The van der Waals surface area contributed by atoms with E-state index in [1.54, 1.807) is 0 Å². The topological polar surface area (TPSA) is 83.8 Å². The molecule has 0 fully saturated rings. The number of hydrogen-bond acceptors (Lipinski definition) is 5. The van der Waals surface area contributed by atoms with E-state index in [4.69, 9.17) is 5.84 Å². The normalized spacial score (nSPS) is 10.8. The molecule has 2 rings (SSSR count). The van der Waals surface area contributed by atoms with Crippen LogP contribution in [-0.4, -0.2) is 9.97 Å². The van der Waals surface area contributed by atoms with Crippen molar-refractivity contribution in [3.63, 3.8) is 0 Å². The molecule has 0 aliphatic heterocycles. The number of aryl methyl sites for hydroxylation is 2. The van der Waals surface area contributed by atoms with Crippen LogP contribution in [0.25, 0.3) is 10.2 Å². The summed E-state index contributed by atoms with van der Waals surface area (Å²) in [6, 6.07) is 0. The van der Waals surface area contributed by atoms with Crippen molar-refractivity contribution in [3.05, 3.63) is 20.9 Å². The minimum Gasteiger partial charge on any atom is -0.309 e. The second-order valence-electron chi connectivity index (χ2n) is 3.02. The van der Waals surface area contributed by atoms with Crippen molar-refractivity contribution in [1.82, 2.24) is 9.97 Å². The second kappa shape index (κ2) is 3.07. The van der Waals surface area contributed by atoms with Crippen molar-refractivity contribution < 1.29 is 0 Å². The first kappa shape index (κ1) is 9.17. The van der Waals surface area contributed by atoms with Crippen LogP contribution in [0.15, 0.2) is 4.79 Å². The lowest BCUT2D eigenvalue weighted by Crippen LogP contribution is -2.16. The van der Waals surface area contributed by atoms with Gasteiger partial charge in [0.05, 0.1) is 5.39 Å². The van der Waals surface area contributed by atoms with Gasteiger partial charge in [-0.05, 0) is 19.4 Å². The van der Waals surface area contributed by atoms with Crippen molar-refractivity contribution in [2.75, 3.05) is 5.43 Å². The number of hydrogen-bond donors (Lipinski definition) is 3. The highest BCUT2D eigenvalue weighted by molar-refractivity contribution is 7.18. The number of aromatic nitrogens is 2. The first-order chi connectivity index (χ1) is 6.63. The fourth-order valence-corrected chi connectivity index (χ4v) is 2.41. The summed E-state index contributed by atoms with van der Waals surface area (Å²) in [6.07, 6.45) is 0. The first-order valence-corrected chi connectivity index (χ1v) is 4.91. The Bertz CT molecular complexity index is 542. The molecule has 5 nitrogen and oxygen atoms in total. The third-order valence-electron chi connectivity index (χ3n) is 2.20. The van der Waals surface area contributed by atoms with E-state index in [0.29, 0.717) is 5.82 Å². The van der Waals surface area contributed by atoms with Crippen molar-refractivity contribution in [3.8, 4) is 0 Å². The summed E-state index contributed by atoms with van der Waals surface area (Å²) >= 11 is 1.50. The maximum Gasteiger partial charge on any atom is 0.347 e. The van der Waals surface area contributed by atoms with Gasteiger partial charge in [-0.15, -0.1) is 11.3 Å². The van der Waals surface area contributed by atoms with Crippen LogP contribution in [0.3, 0.4) is 0 Å². The number of nitrogens with two attached hydrogens (primary N) is 1. The highest BCUT2D eigenvalue weighted by Crippen LogP contribution is 2.31. The van der Waals surface area contributed by atoms with Crippen molar-refractivity contribution >= 4 is 27.4 Å². The van der Waals surface area contributed by atoms with Gasteiger partial charge < -0.3 is 5.43 Å². The van der Waals surface area contributed by atoms with Crippen LogP contribution in [0.5, 0.6) is 0 Å². The summed E-state index contributed by atoms with van der Waals surface area (Å²) in [4.78, 5) is 19.4. The van der Waals surface area contributed by atoms with E-state index in [0.717, 1.165) is 20.7 Å². The molecule has 2 heterocycles. The van der Waals surface area contributed by atoms with E-state index in [2.05, 4.69) is 15.4 Å². The average molecular weight is 210 g/mol. The van der Waals surface area contributed by atoms with E-state index in [-0.39, 0.29) is 5.69 Å². The number of anilines is 1. The zero-order chi connectivity index (χ0) is 10.3. The van der Waals surface area contributed by atoms with Crippen LogP contribution < -0.4 is 17.0 Å². The largest absolute Gasteiger partial charge is 0.347 e. The van der Waals surface area contributed by atoms with Gasteiger partial charge >= 0.3 is 5.69 Å². The van der Waals surface area contributed by atoms with E-state index >= 15 is 0 Å². The molecule has 6 heteroatoms. The van der Waals surface area contributed by atoms with Crippen molar-refractivity contribution in [2.24, 2.45) is 5.84 Å². The molecule has 0 bridgehead atoms. The Morgan fingerprint density at radius 1 is 1.50 bits per heavy atom. The van der Waals surface area contributed by atoms with E-state index < -0.39 is 0 Å². The molecule has 4 N–H and O–H groups in total. The van der Waals surface area contributed by atoms with Crippen molar-refractivity contribution in [2.45, 2.75) is 13.8 Å². The minimum absolute atomic E-state index is 0.383. The van der Waals surface area contributed by atoms with Crippen LogP contribution in [-0.2, 0) is 0 Å². The average Bonchev–Trinajstić information content (AvgIpc) is 2.41. The Labute approximate surface area is 83.9 Å². The number of thiophene rings is 1. The Hall–Kier alpha value is -1.40. The van der Waals surface area contributed by atoms with Gasteiger partial charge in [-0.25, -0.2) is 10.6 Å². The molecule has 0 aromatic carbocycles. The Balaban J connectivity index is 2.96. The molecule has 0 aliphatic rings. The monoisotopic (exact) mass is 210 g/mol. The molecule has 0 saturated heterocycles. The molecule has 2 aromatic rings. The molecular formula is C8H10N4OS. The summed E-state index contributed by atoms with van der Waals surface area (Å²) < 4.78 is 0. The molecule has 0 aliphatic carbocycles. The molecule has 0 saturated carbocycles. The number of nitrogens with one attached hydrogen (secondary N) is 2. The molecule has 14 heavy (non-hydrogen) atoms. The molecule has 74 valence electrons. The zero-order valence-electron chi connectivity index (χ0n) is 7.84. The maximum atomic E-state index is 11.1. The highest BCUT2D eigenvalue weighted by atomic mass is 32.1. The highest BCUT2D eigenvalue weighted by Gasteiger charge is 2.11. The number of rotatable bonds is 1. The quantitative estimate of drug-likeness (QED) is 0.482. The predicted molar refractivity (Wildman–Crippen MR) is 57.5 cm³/mol. The third kappa shape index (κ3) is 1.19. The van der Waals surface area contributed by atoms with Crippen LogP contribution in [0.4, 0.5) is 5.82 Å². The molecular weight excluding hydrogens is 200 g/mol. The van der Waals surface area contributed by atoms with Gasteiger partial charge in [-0.1, -0.05) is 0 Å². The first-order valence-electron chi connectivity index (χ1n) is 4.10. The van der Waals surface area contributed by atoms with E-state index in [1.165, 1.54) is 11.3 Å². The molecule has 0 spiro atoms. The Morgan fingerprint density at radius 2 is 2.21 bits per heavy atom. The van der Waals surface area contributed by atoms with Crippen molar-refractivity contribution in [1.29, 1.82) is 0 Å². The van der Waals surface area contributed by atoms with Crippen LogP contribution in [0.2, 0.25) is 0 Å². The molecule has 0 amide bonds. The number of H-pyrrole nitrogens is 1. The van der Waals surface area contributed by atoms with E-state index in [9.17, 15) is 4.79 Å². The fourth-order valence-electron chi connectivity index (χ4n) is 1.38. The maximum absolute atomic E-state index is 11.1. The van der Waals surface area contributed by atoms with Crippen LogP contribution >= 0.6 is 11.3 Å². The summed E-state index contributed by atoms with van der Waals surface area (Å²) in [5.74, 6) is 5.85. The number of fused-ring (bicyclic) bond motifs is 1. The Kier molecular flexibility index (Phi) is 2.01.